The van der Waals surface area contributed by atoms with Gasteiger partial charge in [0.05, 0.1) is 0 Å². The van der Waals surface area contributed by atoms with E-state index in [-0.39, 0.29) is 0 Å². The van der Waals surface area contributed by atoms with Crippen LogP contribution in [0.5, 0.6) is 0 Å². The first kappa shape index (κ1) is 9.83. The zero-order valence-corrected chi connectivity index (χ0v) is 8.94. The zero-order valence-electron chi connectivity index (χ0n) is 8.94. The summed E-state index contributed by atoms with van der Waals surface area (Å²) in [5.41, 5.74) is 2.35. The summed E-state index contributed by atoms with van der Waals surface area (Å²) >= 11 is 0. The van der Waals surface area contributed by atoms with Crippen molar-refractivity contribution < 1.29 is 0 Å². The van der Waals surface area contributed by atoms with Crippen molar-refractivity contribution in [2.45, 2.75) is 26.2 Å². The lowest BCUT2D eigenvalue weighted by Crippen LogP contribution is -1.95. The number of aromatic amines is 1. The van der Waals surface area contributed by atoms with Gasteiger partial charge in [0, 0.05) is 5.56 Å². The van der Waals surface area contributed by atoms with Gasteiger partial charge >= 0.3 is 0 Å². The van der Waals surface area contributed by atoms with Crippen molar-refractivity contribution in [2.75, 3.05) is 0 Å². The van der Waals surface area contributed by atoms with Crippen molar-refractivity contribution in [1.29, 1.82) is 0 Å². The van der Waals surface area contributed by atoms with Crippen LogP contribution in [-0.2, 0) is 0 Å². The molecule has 0 amide bonds. The summed E-state index contributed by atoms with van der Waals surface area (Å²) in [6.45, 7) is 4.39. The standard InChI is InChI=1S/C11H14N4/c1-3-8(2)9-6-4-5-7-10(9)11-12-14-15-13-11/h4-8H,3H2,1-2H3,(H,12,13,14,15)/t8-/m1/s1. The predicted octanol–water partition coefficient (Wildman–Crippen LogP) is 2.38. The van der Waals surface area contributed by atoms with E-state index in [9.17, 15) is 0 Å². The first-order valence-corrected chi connectivity index (χ1v) is 5.15. The summed E-state index contributed by atoms with van der Waals surface area (Å²) in [6.07, 6.45) is 1.11. The Morgan fingerprint density at radius 1 is 1.33 bits per heavy atom. The van der Waals surface area contributed by atoms with Crippen molar-refractivity contribution >= 4 is 0 Å². The molecule has 1 aromatic carbocycles. The second-order valence-corrected chi connectivity index (χ2v) is 3.63. The molecule has 0 aliphatic carbocycles. The van der Waals surface area contributed by atoms with E-state index in [1.165, 1.54) is 5.56 Å². The van der Waals surface area contributed by atoms with Gasteiger partial charge in [0.15, 0.2) is 0 Å². The Hall–Kier alpha value is -1.71. The van der Waals surface area contributed by atoms with Crippen LogP contribution in [0.1, 0.15) is 31.7 Å². The fraction of sp³-hybridized carbons (Fsp3) is 0.364. The number of nitrogens with zero attached hydrogens (tertiary/aromatic N) is 3. The topological polar surface area (TPSA) is 54.5 Å². The molecule has 4 nitrogen and oxygen atoms in total. The molecule has 0 aliphatic heterocycles. The number of rotatable bonds is 3. The number of benzene rings is 1. The third-order valence-corrected chi connectivity index (χ3v) is 2.69. The molecular weight excluding hydrogens is 188 g/mol. The summed E-state index contributed by atoms with van der Waals surface area (Å²) in [6, 6.07) is 8.20. The van der Waals surface area contributed by atoms with Gasteiger partial charge in [-0.15, -0.1) is 10.2 Å². The van der Waals surface area contributed by atoms with Crippen molar-refractivity contribution in [3.8, 4) is 11.4 Å². The van der Waals surface area contributed by atoms with Crippen LogP contribution in [0.4, 0.5) is 0 Å². The summed E-state index contributed by atoms with van der Waals surface area (Å²) in [5, 5.41) is 14.1. The monoisotopic (exact) mass is 202 g/mol. The van der Waals surface area contributed by atoms with Gasteiger partial charge in [-0.1, -0.05) is 38.1 Å². The van der Waals surface area contributed by atoms with E-state index in [4.69, 9.17) is 0 Å². The first-order valence-electron chi connectivity index (χ1n) is 5.15. The molecule has 0 bridgehead atoms. The maximum atomic E-state index is 4.02. The molecule has 1 atom stereocenters. The average molecular weight is 202 g/mol. The number of hydrogen-bond donors (Lipinski definition) is 1. The van der Waals surface area contributed by atoms with E-state index in [0.717, 1.165) is 12.0 Å². The molecular formula is C11H14N4. The molecule has 2 rings (SSSR count). The highest BCUT2D eigenvalue weighted by Gasteiger charge is 2.12. The summed E-state index contributed by atoms with van der Waals surface area (Å²) in [7, 11) is 0. The minimum Gasteiger partial charge on any atom is -0.177 e. The molecule has 0 spiro atoms. The number of nitrogens with one attached hydrogen (secondary N) is 1. The van der Waals surface area contributed by atoms with Crippen molar-refractivity contribution in [3.05, 3.63) is 29.8 Å². The maximum absolute atomic E-state index is 4.02. The smallest absolute Gasteiger partial charge is 0.177 e. The largest absolute Gasteiger partial charge is 0.204 e. The van der Waals surface area contributed by atoms with E-state index >= 15 is 0 Å². The molecule has 1 heterocycles. The summed E-state index contributed by atoms with van der Waals surface area (Å²) < 4.78 is 0. The number of aromatic nitrogens is 4. The summed E-state index contributed by atoms with van der Waals surface area (Å²) in [5.74, 6) is 1.19. The van der Waals surface area contributed by atoms with Crippen LogP contribution in [0, 0.1) is 0 Å². The third-order valence-electron chi connectivity index (χ3n) is 2.69. The van der Waals surface area contributed by atoms with Crippen LogP contribution in [0.15, 0.2) is 24.3 Å². The lowest BCUT2D eigenvalue weighted by molar-refractivity contribution is 0.734. The van der Waals surface area contributed by atoms with Gasteiger partial charge < -0.3 is 0 Å². The molecule has 15 heavy (non-hydrogen) atoms. The first-order chi connectivity index (χ1) is 7.33. The molecule has 0 saturated heterocycles. The highest BCUT2D eigenvalue weighted by molar-refractivity contribution is 5.60. The van der Waals surface area contributed by atoms with Crippen molar-refractivity contribution in [1.82, 2.24) is 20.6 Å². The average Bonchev–Trinajstić information content (AvgIpc) is 2.81. The molecule has 0 unspecified atom stereocenters. The Morgan fingerprint density at radius 2 is 2.13 bits per heavy atom. The van der Waals surface area contributed by atoms with E-state index in [1.54, 1.807) is 0 Å². The van der Waals surface area contributed by atoms with E-state index < -0.39 is 0 Å². The lowest BCUT2D eigenvalue weighted by Gasteiger charge is -2.12. The Morgan fingerprint density at radius 3 is 2.80 bits per heavy atom. The lowest BCUT2D eigenvalue weighted by atomic mass is 9.93. The Bertz CT molecular complexity index is 422. The second-order valence-electron chi connectivity index (χ2n) is 3.63. The minimum absolute atomic E-state index is 0.514. The van der Waals surface area contributed by atoms with E-state index in [1.807, 2.05) is 18.2 Å². The quantitative estimate of drug-likeness (QED) is 0.831. The van der Waals surface area contributed by atoms with Gasteiger partial charge in [0.2, 0.25) is 5.82 Å². The number of hydrogen-bond acceptors (Lipinski definition) is 3. The third kappa shape index (κ3) is 1.88. The second kappa shape index (κ2) is 4.21. The number of tetrazole rings is 1. The van der Waals surface area contributed by atoms with Gasteiger partial charge in [-0.05, 0) is 23.1 Å². The van der Waals surface area contributed by atoms with Crippen LogP contribution in [0.25, 0.3) is 11.4 Å². The fourth-order valence-electron chi connectivity index (χ4n) is 1.63. The minimum atomic E-state index is 0.514. The van der Waals surface area contributed by atoms with Crippen LogP contribution in [0.2, 0.25) is 0 Å². The molecule has 0 aliphatic rings. The summed E-state index contributed by atoms with van der Waals surface area (Å²) in [4.78, 5) is 0. The SMILES string of the molecule is CC[C@@H](C)c1ccccc1-c1nn[nH]n1. The van der Waals surface area contributed by atoms with Crippen LogP contribution in [0.3, 0.4) is 0 Å². The Kier molecular flexibility index (Phi) is 2.76. The van der Waals surface area contributed by atoms with Gasteiger partial charge in [-0.3, -0.25) is 0 Å². The van der Waals surface area contributed by atoms with Gasteiger partial charge in [-0.2, -0.15) is 5.21 Å². The van der Waals surface area contributed by atoms with Crippen LogP contribution < -0.4 is 0 Å². The van der Waals surface area contributed by atoms with Gasteiger partial charge in [-0.25, -0.2) is 0 Å². The van der Waals surface area contributed by atoms with Crippen LogP contribution in [-0.4, -0.2) is 20.6 Å². The van der Waals surface area contributed by atoms with Crippen LogP contribution >= 0.6 is 0 Å². The Labute approximate surface area is 88.7 Å². The molecule has 1 N–H and O–H groups in total. The fourth-order valence-corrected chi connectivity index (χ4v) is 1.63. The Balaban J connectivity index is 2.47. The van der Waals surface area contributed by atoms with Gasteiger partial charge in [0.1, 0.15) is 0 Å². The highest BCUT2D eigenvalue weighted by Crippen LogP contribution is 2.27. The normalized spacial score (nSPS) is 12.7. The molecule has 4 heteroatoms. The molecule has 0 radical (unpaired) electrons. The zero-order chi connectivity index (χ0) is 10.7. The van der Waals surface area contributed by atoms with Gasteiger partial charge in [0.25, 0.3) is 0 Å². The molecule has 0 saturated carbocycles. The molecule has 1 aromatic heterocycles. The van der Waals surface area contributed by atoms with E-state index in [2.05, 4.69) is 40.5 Å². The molecule has 2 aromatic rings. The maximum Gasteiger partial charge on any atom is 0.204 e. The number of H-pyrrole nitrogens is 1. The van der Waals surface area contributed by atoms with Crippen molar-refractivity contribution in [2.24, 2.45) is 0 Å². The predicted molar refractivity (Wildman–Crippen MR) is 58.3 cm³/mol. The molecule has 0 fully saturated rings. The molecule has 78 valence electrons. The van der Waals surface area contributed by atoms with E-state index in [0.29, 0.717) is 11.7 Å². The van der Waals surface area contributed by atoms with Crippen molar-refractivity contribution in [3.63, 3.8) is 0 Å². The highest BCUT2D eigenvalue weighted by atomic mass is 15.5.